The van der Waals surface area contributed by atoms with Crippen molar-refractivity contribution in [2.45, 2.75) is 0 Å². The molecule has 268 valence electrons. The summed E-state index contributed by atoms with van der Waals surface area (Å²) in [6.45, 7) is 0. The highest BCUT2D eigenvalue weighted by Crippen LogP contribution is 2.47. The average Bonchev–Trinajstić information content (AvgIpc) is 3.29. The summed E-state index contributed by atoms with van der Waals surface area (Å²) in [5.74, 6) is 0. The van der Waals surface area contributed by atoms with Crippen LogP contribution in [0.25, 0.3) is 120 Å². The summed E-state index contributed by atoms with van der Waals surface area (Å²) in [5, 5.41) is 17.7. The van der Waals surface area contributed by atoms with Gasteiger partial charge in [0.2, 0.25) is 0 Å². The Morgan fingerprint density at radius 3 is 1.50 bits per heavy atom. The molecule has 0 nitrogen and oxygen atoms in total. The molecule has 12 rings (SSSR count). The highest BCUT2D eigenvalue weighted by atomic mass is 14.2. The first kappa shape index (κ1) is 32.7. The first-order chi connectivity index (χ1) is 28.8. The Morgan fingerprint density at radius 1 is 0.190 bits per heavy atom. The van der Waals surface area contributed by atoms with Gasteiger partial charge in [0.25, 0.3) is 0 Å². The van der Waals surface area contributed by atoms with Gasteiger partial charge in [-0.2, -0.15) is 0 Å². The molecule has 0 atom stereocenters. The number of benzene rings is 12. The molecule has 58 heavy (non-hydrogen) atoms. The van der Waals surface area contributed by atoms with Gasteiger partial charge in [-0.05, 0) is 144 Å². The van der Waals surface area contributed by atoms with Crippen LogP contribution in [0.4, 0.5) is 0 Å². The summed E-state index contributed by atoms with van der Waals surface area (Å²) in [7, 11) is 0. The molecule has 0 saturated carbocycles. The van der Waals surface area contributed by atoms with E-state index in [1.54, 1.807) is 0 Å². The molecule has 0 bridgehead atoms. The van der Waals surface area contributed by atoms with Gasteiger partial charge in [0, 0.05) is 0 Å². The second-order valence-electron chi connectivity index (χ2n) is 15.6. The molecular formula is C58H36. The third-order valence-corrected chi connectivity index (χ3v) is 12.4. The standard InChI is InChI=1S/C58H36/c1-2-16-40-33-44(29-27-37(40)13-1)57-51-24-9-10-25-52(51)58(43-19-11-18-41(34-43)47-26-12-17-38-14-3-5-20-46(38)47)55-35-42(31-32-53(55)57)54-36-45-30-28-39-15-4-6-21-48(39)56(45)50-23-8-7-22-49(50)54/h1-36H. The fourth-order valence-electron chi connectivity index (χ4n) is 9.75. The number of hydrogen-bond donors (Lipinski definition) is 0. The van der Waals surface area contributed by atoms with Gasteiger partial charge in [0.05, 0.1) is 0 Å². The Labute approximate surface area is 336 Å². The lowest BCUT2D eigenvalue weighted by Crippen LogP contribution is -1.93. The van der Waals surface area contributed by atoms with E-state index in [1.165, 1.54) is 120 Å². The van der Waals surface area contributed by atoms with Crippen molar-refractivity contribution < 1.29 is 0 Å². The Kier molecular flexibility index (Phi) is 7.33. The van der Waals surface area contributed by atoms with Crippen LogP contribution in [0.15, 0.2) is 218 Å². The van der Waals surface area contributed by atoms with Crippen LogP contribution >= 0.6 is 0 Å². The lowest BCUT2D eigenvalue weighted by atomic mass is 9.83. The van der Waals surface area contributed by atoms with E-state index in [0.29, 0.717) is 0 Å². The van der Waals surface area contributed by atoms with Gasteiger partial charge in [-0.3, -0.25) is 0 Å². The predicted octanol–water partition coefficient (Wildman–Crippen LogP) is 16.4. The van der Waals surface area contributed by atoms with Gasteiger partial charge in [0.15, 0.2) is 0 Å². The lowest BCUT2D eigenvalue weighted by molar-refractivity contribution is 1.63. The Morgan fingerprint density at radius 2 is 0.690 bits per heavy atom. The van der Waals surface area contributed by atoms with Crippen LogP contribution in [0.2, 0.25) is 0 Å². The Bertz CT molecular complexity index is 3620. The highest BCUT2D eigenvalue weighted by molar-refractivity contribution is 6.25. The fourth-order valence-corrected chi connectivity index (χ4v) is 9.75. The van der Waals surface area contributed by atoms with Crippen LogP contribution < -0.4 is 0 Å². The monoisotopic (exact) mass is 732 g/mol. The molecule has 0 aliphatic carbocycles. The smallest absolute Gasteiger partial charge is 0.00259 e. The van der Waals surface area contributed by atoms with Crippen LogP contribution in [0.1, 0.15) is 0 Å². The van der Waals surface area contributed by atoms with Crippen LogP contribution in [0.3, 0.4) is 0 Å². The molecule has 0 N–H and O–H groups in total. The zero-order chi connectivity index (χ0) is 38.2. The summed E-state index contributed by atoms with van der Waals surface area (Å²) in [6.07, 6.45) is 0. The van der Waals surface area contributed by atoms with Gasteiger partial charge < -0.3 is 0 Å². The van der Waals surface area contributed by atoms with Crippen molar-refractivity contribution in [2.75, 3.05) is 0 Å². The summed E-state index contributed by atoms with van der Waals surface area (Å²) < 4.78 is 0. The Hall–Kier alpha value is -7.54. The number of rotatable bonds is 4. The normalized spacial score (nSPS) is 11.8. The number of fused-ring (bicyclic) bond motifs is 9. The molecular weight excluding hydrogens is 697 g/mol. The minimum absolute atomic E-state index is 1.21. The molecule has 0 amide bonds. The van der Waals surface area contributed by atoms with E-state index in [2.05, 4.69) is 218 Å². The SMILES string of the molecule is c1cc(-c2cccc3ccccc23)cc(-c2c3ccccc3c(-c3ccc4ccccc4c3)c3ccc(-c4cc5ccc6ccccc6c5c5ccccc45)cc23)c1. The van der Waals surface area contributed by atoms with E-state index in [0.717, 1.165) is 0 Å². The van der Waals surface area contributed by atoms with Crippen LogP contribution in [0, 0.1) is 0 Å². The van der Waals surface area contributed by atoms with Crippen LogP contribution in [0.5, 0.6) is 0 Å². The molecule has 0 unspecified atom stereocenters. The zero-order valence-corrected chi connectivity index (χ0v) is 31.8. The van der Waals surface area contributed by atoms with Crippen molar-refractivity contribution in [3.63, 3.8) is 0 Å². The fraction of sp³-hybridized carbons (Fsp3) is 0. The second kappa shape index (κ2) is 13.0. The van der Waals surface area contributed by atoms with Gasteiger partial charge in [0.1, 0.15) is 0 Å². The minimum Gasteiger partial charge on any atom is -0.0616 e. The zero-order valence-electron chi connectivity index (χ0n) is 31.8. The summed E-state index contributed by atoms with van der Waals surface area (Å²) in [5.41, 5.74) is 9.89. The van der Waals surface area contributed by atoms with Crippen molar-refractivity contribution in [3.05, 3.63) is 218 Å². The largest absolute Gasteiger partial charge is 0.0616 e. The highest BCUT2D eigenvalue weighted by Gasteiger charge is 2.20. The maximum atomic E-state index is 2.47. The Balaban J connectivity index is 1.18. The maximum Gasteiger partial charge on any atom is -0.00259 e. The van der Waals surface area contributed by atoms with Gasteiger partial charge in [-0.1, -0.05) is 194 Å². The van der Waals surface area contributed by atoms with E-state index in [9.17, 15) is 0 Å². The minimum atomic E-state index is 1.21. The van der Waals surface area contributed by atoms with E-state index >= 15 is 0 Å². The molecule has 12 aromatic carbocycles. The summed E-state index contributed by atoms with van der Waals surface area (Å²) >= 11 is 0. The van der Waals surface area contributed by atoms with Crippen LogP contribution in [-0.2, 0) is 0 Å². The molecule has 12 aromatic rings. The van der Waals surface area contributed by atoms with Crippen molar-refractivity contribution in [1.29, 1.82) is 0 Å². The number of hydrogen-bond acceptors (Lipinski definition) is 0. The predicted molar refractivity (Wildman–Crippen MR) is 251 cm³/mol. The van der Waals surface area contributed by atoms with Crippen LogP contribution in [-0.4, -0.2) is 0 Å². The quantitative estimate of drug-likeness (QED) is 0.125. The molecule has 0 heterocycles. The summed E-state index contributed by atoms with van der Waals surface area (Å²) in [6, 6.07) is 81.1. The van der Waals surface area contributed by atoms with Crippen molar-refractivity contribution in [3.8, 4) is 44.5 Å². The van der Waals surface area contributed by atoms with Crippen molar-refractivity contribution >= 4 is 75.4 Å². The molecule has 0 saturated heterocycles. The van der Waals surface area contributed by atoms with E-state index < -0.39 is 0 Å². The molecule has 0 fully saturated rings. The maximum absolute atomic E-state index is 2.47. The third kappa shape index (κ3) is 5.09. The molecule has 0 aliphatic rings. The molecule has 0 heteroatoms. The van der Waals surface area contributed by atoms with E-state index in [1.807, 2.05) is 0 Å². The van der Waals surface area contributed by atoms with Gasteiger partial charge in [-0.15, -0.1) is 0 Å². The van der Waals surface area contributed by atoms with E-state index in [4.69, 9.17) is 0 Å². The lowest BCUT2D eigenvalue weighted by Gasteiger charge is -2.20. The first-order valence-corrected chi connectivity index (χ1v) is 20.2. The first-order valence-electron chi connectivity index (χ1n) is 20.2. The van der Waals surface area contributed by atoms with Gasteiger partial charge >= 0.3 is 0 Å². The third-order valence-electron chi connectivity index (χ3n) is 12.4. The average molecular weight is 733 g/mol. The summed E-state index contributed by atoms with van der Waals surface area (Å²) in [4.78, 5) is 0. The molecule has 0 radical (unpaired) electrons. The molecule has 0 aliphatic heterocycles. The van der Waals surface area contributed by atoms with Crippen molar-refractivity contribution in [1.82, 2.24) is 0 Å². The van der Waals surface area contributed by atoms with Gasteiger partial charge in [-0.25, -0.2) is 0 Å². The second-order valence-corrected chi connectivity index (χ2v) is 15.6. The van der Waals surface area contributed by atoms with Crippen molar-refractivity contribution in [2.24, 2.45) is 0 Å². The molecule has 0 spiro atoms. The molecule has 0 aromatic heterocycles. The topological polar surface area (TPSA) is 0 Å². The van der Waals surface area contributed by atoms with E-state index in [-0.39, 0.29) is 0 Å².